The molecular weight excluding hydrogens is 410 g/mol. The van der Waals surface area contributed by atoms with E-state index in [1.807, 2.05) is 6.08 Å². The Bertz CT molecular complexity index is 1200. The maximum Gasteiger partial charge on any atom is 0.233 e. The topological polar surface area (TPSA) is 101 Å². The van der Waals surface area contributed by atoms with Crippen LogP contribution in [0, 0.1) is 17.8 Å². The van der Waals surface area contributed by atoms with Crippen molar-refractivity contribution in [3.63, 3.8) is 0 Å². The molecule has 1 aromatic rings. The number of ether oxygens (including phenoxy) is 1. The second-order valence-corrected chi connectivity index (χ2v) is 8.89. The van der Waals surface area contributed by atoms with Crippen molar-refractivity contribution in [1.29, 1.82) is 0 Å². The van der Waals surface area contributed by atoms with Gasteiger partial charge in [-0.1, -0.05) is 17.7 Å². The van der Waals surface area contributed by atoms with E-state index in [9.17, 15) is 24.3 Å². The molecular formula is C25H23NO6. The average Bonchev–Trinajstić information content (AvgIpc) is 3.00. The molecule has 1 aromatic carbocycles. The monoisotopic (exact) mass is 433 g/mol. The normalized spacial score (nSPS) is 29.4. The van der Waals surface area contributed by atoms with Crippen molar-refractivity contribution >= 4 is 23.4 Å². The molecule has 3 aliphatic carbocycles. The first-order valence-corrected chi connectivity index (χ1v) is 10.6. The summed E-state index contributed by atoms with van der Waals surface area (Å²) in [6.45, 7) is 1.63. The molecule has 1 aliphatic heterocycles. The highest BCUT2D eigenvalue weighted by Gasteiger charge is 2.55. The molecule has 7 nitrogen and oxygen atoms in total. The number of imide groups is 1. The molecule has 2 amide bonds. The predicted molar refractivity (Wildman–Crippen MR) is 114 cm³/mol. The van der Waals surface area contributed by atoms with Gasteiger partial charge in [-0.05, 0) is 37.8 Å². The number of allylic oxidation sites excluding steroid dienone is 6. The van der Waals surface area contributed by atoms with Crippen LogP contribution in [0.15, 0.2) is 52.6 Å². The Kier molecular flexibility index (Phi) is 4.48. The van der Waals surface area contributed by atoms with Gasteiger partial charge in [-0.2, -0.15) is 0 Å². The van der Waals surface area contributed by atoms with Crippen LogP contribution in [0.1, 0.15) is 31.2 Å². The summed E-state index contributed by atoms with van der Waals surface area (Å²) in [5.74, 6) is -2.41. The first-order chi connectivity index (χ1) is 15.2. The summed E-state index contributed by atoms with van der Waals surface area (Å²) in [4.78, 5) is 53.1. The lowest BCUT2D eigenvalue weighted by atomic mass is 9.59. The van der Waals surface area contributed by atoms with Crippen molar-refractivity contribution in [2.75, 3.05) is 14.2 Å². The van der Waals surface area contributed by atoms with Crippen molar-refractivity contribution in [2.24, 2.45) is 17.8 Å². The van der Waals surface area contributed by atoms with Gasteiger partial charge < -0.3 is 9.84 Å². The zero-order valence-electron chi connectivity index (χ0n) is 18.0. The van der Waals surface area contributed by atoms with Crippen LogP contribution >= 0.6 is 0 Å². The van der Waals surface area contributed by atoms with Gasteiger partial charge in [-0.3, -0.25) is 24.1 Å². The Balaban J connectivity index is 1.74. The number of carbonyl (C=O) groups excluding carboxylic acids is 4. The molecule has 164 valence electrons. The number of fused-ring (bicyclic) bond motifs is 3. The van der Waals surface area contributed by atoms with Crippen LogP contribution in [-0.2, 0) is 19.2 Å². The van der Waals surface area contributed by atoms with E-state index in [1.165, 1.54) is 37.3 Å². The SMILES string of the molecule is COc1cc(O)ccc1[C@H]1C2=CC[C@@H]3C(=O)N(C)C(=O)[C@@H]3[C@@H]2CC2=C1C(=O)C(C)=CC2=O. The fraction of sp³-hybridized carbons (Fsp3) is 0.360. The van der Waals surface area contributed by atoms with E-state index in [2.05, 4.69) is 0 Å². The summed E-state index contributed by atoms with van der Waals surface area (Å²) in [5, 5.41) is 9.96. The average molecular weight is 433 g/mol. The highest BCUT2D eigenvalue weighted by atomic mass is 16.5. The van der Waals surface area contributed by atoms with Crippen LogP contribution in [0.5, 0.6) is 11.5 Å². The molecule has 5 rings (SSSR count). The molecule has 0 radical (unpaired) electrons. The number of Topliss-reactive ketones (excluding diaryl/α,β-unsaturated/α-hetero) is 1. The largest absolute Gasteiger partial charge is 0.508 e. The lowest BCUT2D eigenvalue weighted by Gasteiger charge is -2.42. The van der Waals surface area contributed by atoms with Crippen LogP contribution in [0.25, 0.3) is 0 Å². The Labute approximate surface area is 185 Å². The number of aromatic hydroxyl groups is 1. The van der Waals surface area contributed by atoms with Crippen LogP contribution in [0.4, 0.5) is 0 Å². The highest BCUT2D eigenvalue weighted by Crippen LogP contribution is 2.56. The quantitative estimate of drug-likeness (QED) is 0.437. The van der Waals surface area contributed by atoms with Gasteiger partial charge in [0, 0.05) is 41.3 Å². The van der Waals surface area contributed by atoms with Gasteiger partial charge in [0.1, 0.15) is 11.5 Å². The Morgan fingerprint density at radius 1 is 1.09 bits per heavy atom. The number of hydrogen-bond acceptors (Lipinski definition) is 6. The molecule has 32 heavy (non-hydrogen) atoms. The number of likely N-dealkylation sites (tertiary alicyclic amines) is 1. The molecule has 0 bridgehead atoms. The Morgan fingerprint density at radius 3 is 2.56 bits per heavy atom. The number of rotatable bonds is 2. The third-order valence-electron chi connectivity index (χ3n) is 7.31. The molecule has 7 heteroatoms. The minimum atomic E-state index is -0.589. The van der Waals surface area contributed by atoms with Crippen molar-refractivity contribution in [3.05, 3.63) is 58.2 Å². The molecule has 0 unspecified atom stereocenters. The molecule has 0 aromatic heterocycles. The zero-order chi connectivity index (χ0) is 22.9. The van der Waals surface area contributed by atoms with Crippen molar-refractivity contribution in [1.82, 2.24) is 4.90 Å². The van der Waals surface area contributed by atoms with E-state index in [1.54, 1.807) is 13.0 Å². The van der Waals surface area contributed by atoms with Gasteiger partial charge in [0.15, 0.2) is 11.6 Å². The summed E-state index contributed by atoms with van der Waals surface area (Å²) in [6.07, 6.45) is 3.97. The molecule has 0 spiro atoms. The highest BCUT2D eigenvalue weighted by molar-refractivity contribution is 6.23. The number of amides is 2. The van der Waals surface area contributed by atoms with Gasteiger partial charge >= 0.3 is 0 Å². The minimum absolute atomic E-state index is 0.0187. The summed E-state index contributed by atoms with van der Waals surface area (Å²) in [7, 11) is 2.98. The fourth-order valence-corrected chi connectivity index (χ4v) is 5.81. The first-order valence-electron chi connectivity index (χ1n) is 10.6. The number of phenolic OH excluding ortho intramolecular Hbond substituents is 1. The Hall–Kier alpha value is -3.48. The first kappa shape index (κ1) is 20.4. The maximum absolute atomic E-state index is 13.3. The van der Waals surface area contributed by atoms with E-state index in [4.69, 9.17) is 4.74 Å². The van der Waals surface area contributed by atoms with E-state index in [-0.39, 0.29) is 41.5 Å². The molecule has 4 atom stereocenters. The summed E-state index contributed by atoms with van der Waals surface area (Å²) in [5.41, 5.74) is 2.69. The summed E-state index contributed by atoms with van der Waals surface area (Å²) >= 11 is 0. The van der Waals surface area contributed by atoms with Crippen molar-refractivity contribution < 1.29 is 29.0 Å². The standard InChI is InChI=1S/C25H23NO6/c1-11-8-18(28)17-10-16-13(6-7-15-21(16)25(31)26(2)24(15)30)20(22(17)23(11)29)14-5-4-12(27)9-19(14)32-3/h4-6,8-9,15-16,20-21,27H,7,10H2,1-3H3/t15-,16+,20+,21-/m0/s1. The third-order valence-corrected chi connectivity index (χ3v) is 7.31. The van der Waals surface area contributed by atoms with Crippen LogP contribution in [0.2, 0.25) is 0 Å². The summed E-state index contributed by atoms with van der Waals surface area (Å²) < 4.78 is 5.52. The second kappa shape index (κ2) is 7.02. The number of benzene rings is 1. The maximum atomic E-state index is 13.3. The number of hydrogen-bond donors (Lipinski definition) is 1. The van der Waals surface area contributed by atoms with Crippen molar-refractivity contribution in [3.8, 4) is 11.5 Å². The lowest BCUT2D eigenvalue weighted by molar-refractivity contribution is -0.138. The molecule has 1 fully saturated rings. The molecule has 4 aliphatic rings. The van der Waals surface area contributed by atoms with E-state index in [0.717, 1.165) is 5.57 Å². The van der Waals surface area contributed by atoms with Gasteiger partial charge in [0.25, 0.3) is 0 Å². The van der Waals surface area contributed by atoms with Crippen molar-refractivity contribution in [2.45, 2.75) is 25.7 Å². The van der Waals surface area contributed by atoms with Crippen LogP contribution < -0.4 is 4.74 Å². The molecule has 1 heterocycles. The molecule has 0 saturated carbocycles. The Morgan fingerprint density at radius 2 is 1.84 bits per heavy atom. The number of carbonyl (C=O) groups is 4. The zero-order valence-corrected chi connectivity index (χ0v) is 18.0. The predicted octanol–water partition coefficient (Wildman–Crippen LogP) is 2.46. The van der Waals surface area contributed by atoms with Gasteiger partial charge in [-0.15, -0.1) is 0 Å². The van der Waals surface area contributed by atoms with Crippen LogP contribution in [0.3, 0.4) is 0 Å². The number of methoxy groups -OCH3 is 1. The molecule has 1 saturated heterocycles. The lowest BCUT2D eigenvalue weighted by Crippen LogP contribution is -2.39. The third kappa shape index (κ3) is 2.66. The van der Waals surface area contributed by atoms with E-state index < -0.39 is 17.8 Å². The minimum Gasteiger partial charge on any atom is -0.508 e. The van der Waals surface area contributed by atoms with Gasteiger partial charge in [0.05, 0.1) is 18.9 Å². The second-order valence-electron chi connectivity index (χ2n) is 8.89. The smallest absolute Gasteiger partial charge is 0.233 e. The van der Waals surface area contributed by atoms with Gasteiger partial charge in [0.2, 0.25) is 11.8 Å². The number of nitrogens with zero attached hydrogens (tertiary/aromatic N) is 1. The van der Waals surface area contributed by atoms with E-state index in [0.29, 0.717) is 34.5 Å². The van der Waals surface area contributed by atoms with Gasteiger partial charge in [-0.25, -0.2) is 0 Å². The fourth-order valence-electron chi connectivity index (χ4n) is 5.81. The molecule has 1 N–H and O–H groups in total. The van der Waals surface area contributed by atoms with Crippen LogP contribution in [-0.4, -0.2) is 47.5 Å². The number of phenols is 1. The van der Waals surface area contributed by atoms with E-state index >= 15 is 0 Å². The number of ketones is 2. The summed E-state index contributed by atoms with van der Waals surface area (Å²) in [6, 6.07) is 4.68.